The molecule has 0 radical (unpaired) electrons. The van der Waals surface area contributed by atoms with Crippen molar-refractivity contribution in [3.8, 4) is 0 Å². The van der Waals surface area contributed by atoms with Crippen LogP contribution in [0.2, 0.25) is 0 Å². The van der Waals surface area contributed by atoms with E-state index in [-0.39, 0.29) is 18.5 Å². The highest BCUT2D eigenvalue weighted by Crippen LogP contribution is 2.27. The lowest BCUT2D eigenvalue weighted by Gasteiger charge is -2.37. The predicted molar refractivity (Wildman–Crippen MR) is 91.7 cm³/mol. The quantitative estimate of drug-likeness (QED) is 0.778. The first-order chi connectivity index (χ1) is 11.2. The van der Waals surface area contributed by atoms with Crippen molar-refractivity contribution in [2.45, 2.75) is 32.2 Å². The summed E-state index contributed by atoms with van der Waals surface area (Å²) < 4.78 is 24.5. The molecule has 1 aromatic heterocycles. The number of hydrogen-bond acceptors (Lipinski definition) is 5. The van der Waals surface area contributed by atoms with E-state index in [0.29, 0.717) is 30.7 Å². The van der Waals surface area contributed by atoms with Crippen molar-refractivity contribution in [2.24, 2.45) is 5.92 Å². The minimum absolute atomic E-state index is 0.152. The Bertz CT molecular complexity index is 713. The average molecular weight is 374 g/mol. The van der Waals surface area contributed by atoms with Gasteiger partial charge in [-0.2, -0.15) is 0 Å². The average Bonchev–Trinajstić information content (AvgIpc) is 2.94. The minimum Gasteiger partial charge on any atom is -0.481 e. The van der Waals surface area contributed by atoms with Crippen LogP contribution in [0.3, 0.4) is 0 Å². The van der Waals surface area contributed by atoms with Crippen LogP contribution in [-0.2, 0) is 21.2 Å². The molecule has 9 heteroatoms. The monoisotopic (exact) mass is 374 g/mol. The molecule has 2 atom stereocenters. The van der Waals surface area contributed by atoms with Gasteiger partial charge >= 0.3 is 5.97 Å². The fraction of sp³-hybridized carbons (Fsp3) is 0.600. The Labute approximate surface area is 145 Å². The zero-order chi connectivity index (χ0) is 17.9. The molecule has 1 aliphatic heterocycles. The fourth-order valence-corrected chi connectivity index (χ4v) is 4.32. The molecule has 134 valence electrons. The van der Waals surface area contributed by atoms with E-state index in [4.69, 9.17) is 0 Å². The second kappa shape index (κ2) is 7.62. The molecule has 0 aromatic carbocycles. The van der Waals surface area contributed by atoms with Gasteiger partial charge in [-0.3, -0.25) is 9.59 Å². The molecule has 2 rings (SSSR count). The highest BCUT2D eigenvalue weighted by Gasteiger charge is 2.35. The van der Waals surface area contributed by atoms with Crippen molar-refractivity contribution < 1.29 is 23.1 Å². The van der Waals surface area contributed by atoms with Crippen LogP contribution >= 0.6 is 11.3 Å². The normalized spacial score (nSPS) is 21.7. The zero-order valence-corrected chi connectivity index (χ0v) is 15.3. The molecule has 24 heavy (non-hydrogen) atoms. The van der Waals surface area contributed by atoms with Crippen molar-refractivity contribution in [1.29, 1.82) is 0 Å². The van der Waals surface area contributed by atoms with Crippen molar-refractivity contribution >= 4 is 33.2 Å². The maximum absolute atomic E-state index is 12.7. The standard InChI is InChI=1S/C15H22N2O5S2/c1-10-12(15(19)20)4-3-9-17(10)14(18)13-6-5-11(23-13)7-8-16-24(2,21)22/h5-6,10,12,16H,3-4,7-9H2,1-2H3,(H,19,20)/t10-,12-/m1/s1. The SMILES string of the molecule is C[C@@H]1[C@H](C(=O)O)CCCN1C(=O)c1ccc(CCNS(C)(=O)=O)s1. The molecule has 2 N–H and O–H groups in total. The summed E-state index contributed by atoms with van der Waals surface area (Å²) in [4.78, 5) is 27.0. The van der Waals surface area contributed by atoms with Crippen LogP contribution in [0.1, 0.15) is 34.3 Å². The number of nitrogens with one attached hydrogen (secondary N) is 1. The summed E-state index contributed by atoms with van der Waals surface area (Å²) in [5.74, 6) is -1.54. The maximum Gasteiger partial charge on any atom is 0.308 e. The number of nitrogens with zero attached hydrogens (tertiary/aromatic N) is 1. The van der Waals surface area contributed by atoms with Gasteiger partial charge < -0.3 is 10.0 Å². The Morgan fingerprint density at radius 2 is 2.12 bits per heavy atom. The number of sulfonamides is 1. The first-order valence-corrected chi connectivity index (χ1v) is 10.5. The number of carbonyl (C=O) groups excluding carboxylic acids is 1. The smallest absolute Gasteiger partial charge is 0.308 e. The lowest BCUT2D eigenvalue weighted by Crippen LogP contribution is -2.48. The van der Waals surface area contributed by atoms with Gasteiger partial charge in [-0.1, -0.05) is 0 Å². The van der Waals surface area contributed by atoms with Gasteiger partial charge in [0.1, 0.15) is 0 Å². The first-order valence-electron chi connectivity index (χ1n) is 7.76. The van der Waals surface area contributed by atoms with Gasteiger partial charge in [-0.25, -0.2) is 13.1 Å². The second-order valence-electron chi connectivity index (χ2n) is 6.01. The van der Waals surface area contributed by atoms with Crippen LogP contribution in [0, 0.1) is 5.92 Å². The van der Waals surface area contributed by atoms with Crippen molar-refractivity contribution in [1.82, 2.24) is 9.62 Å². The third-order valence-electron chi connectivity index (χ3n) is 4.17. The molecule has 1 aliphatic rings. The van der Waals surface area contributed by atoms with Crippen LogP contribution < -0.4 is 4.72 Å². The third kappa shape index (κ3) is 4.78. The van der Waals surface area contributed by atoms with E-state index in [1.807, 2.05) is 6.07 Å². The number of amides is 1. The molecule has 1 amide bonds. The summed E-state index contributed by atoms with van der Waals surface area (Å²) in [7, 11) is -3.22. The van der Waals surface area contributed by atoms with E-state index in [2.05, 4.69) is 4.72 Å². The number of carboxylic acid groups (broad SMARTS) is 1. The second-order valence-corrected chi connectivity index (χ2v) is 9.01. The largest absolute Gasteiger partial charge is 0.481 e. The van der Waals surface area contributed by atoms with Gasteiger partial charge in [0.05, 0.1) is 17.1 Å². The lowest BCUT2D eigenvalue weighted by atomic mass is 9.90. The molecule has 2 heterocycles. The molecule has 0 aliphatic carbocycles. The van der Waals surface area contributed by atoms with Gasteiger partial charge in [0.15, 0.2) is 0 Å². The van der Waals surface area contributed by atoms with Gasteiger partial charge in [0.2, 0.25) is 10.0 Å². The Kier molecular flexibility index (Phi) is 6.00. The maximum atomic E-state index is 12.7. The third-order valence-corrected chi connectivity index (χ3v) is 6.04. The highest BCUT2D eigenvalue weighted by atomic mass is 32.2. The summed E-state index contributed by atoms with van der Waals surface area (Å²) in [5.41, 5.74) is 0. The molecule has 0 bridgehead atoms. The number of likely N-dealkylation sites (tertiary alicyclic amines) is 1. The number of aliphatic carboxylic acids is 1. The van der Waals surface area contributed by atoms with Crippen LogP contribution in [0.5, 0.6) is 0 Å². The van der Waals surface area contributed by atoms with E-state index < -0.39 is 21.9 Å². The molecule has 0 unspecified atom stereocenters. The predicted octanol–water partition coefficient (Wildman–Crippen LogP) is 1.17. The molecule has 0 spiro atoms. The molecule has 1 fully saturated rings. The zero-order valence-electron chi connectivity index (χ0n) is 13.7. The summed E-state index contributed by atoms with van der Waals surface area (Å²) in [6, 6.07) is 3.20. The fourth-order valence-electron chi connectivity index (χ4n) is 2.89. The van der Waals surface area contributed by atoms with Crippen LogP contribution in [0.15, 0.2) is 12.1 Å². The number of thiophene rings is 1. The van der Waals surface area contributed by atoms with Gasteiger partial charge in [0, 0.05) is 24.0 Å². The lowest BCUT2D eigenvalue weighted by molar-refractivity contribution is -0.144. The molecular formula is C15H22N2O5S2. The number of hydrogen-bond donors (Lipinski definition) is 2. The Morgan fingerprint density at radius 1 is 1.42 bits per heavy atom. The first kappa shape index (κ1) is 18.9. The number of piperidine rings is 1. The van der Waals surface area contributed by atoms with Crippen LogP contribution in [0.4, 0.5) is 0 Å². The van der Waals surface area contributed by atoms with Gasteiger partial charge in [-0.05, 0) is 38.3 Å². The summed E-state index contributed by atoms with van der Waals surface area (Å²) in [6.45, 7) is 2.63. The van der Waals surface area contributed by atoms with E-state index in [1.165, 1.54) is 11.3 Å². The molecular weight excluding hydrogens is 352 g/mol. The van der Waals surface area contributed by atoms with Crippen molar-refractivity contribution in [2.75, 3.05) is 19.3 Å². The summed E-state index contributed by atoms with van der Waals surface area (Å²) in [5, 5.41) is 9.25. The Morgan fingerprint density at radius 3 is 2.75 bits per heavy atom. The van der Waals surface area contributed by atoms with Gasteiger partial charge in [-0.15, -0.1) is 11.3 Å². The summed E-state index contributed by atoms with van der Waals surface area (Å²) >= 11 is 1.32. The number of carbonyl (C=O) groups is 2. The molecule has 1 aromatic rings. The topological polar surface area (TPSA) is 104 Å². The van der Waals surface area contributed by atoms with Crippen molar-refractivity contribution in [3.63, 3.8) is 0 Å². The highest BCUT2D eigenvalue weighted by molar-refractivity contribution is 7.88. The van der Waals surface area contributed by atoms with Crippen LogP contribution in [-0.4, -0.2) is 55.7 Å². The molecule has 0 saturated carbocycles. The number of rotatable bonds is 6. The van der Waals surface area contributed by atoms with E-state index in [0.717, 1.165) is 11.1 Å². The number of carboxylic acids is 1. The van der Waals surface area contributed by atoms with Crippen LogP contribution in [0.25, 0.3) is 0 Å². The Balaban J connectivity index is 2.01. The van der Waals surface area contributed by atoms with Gasteiger partial charge in [0.25, 0.3) is 5.91 Å². The van der Waals surface area contributed by atoms with Crippen molar-refractivity contribution in [3.05, 3.63) is 21.9 Å². The summed E-state index contributed by atoms with van der Waals surface area (Å²) in [6.07, 6.45) is 2.89. The van der Waals surface area contributed by atoms with E-state index >= 15 is 0 Å². The molecule has 1 saturated heterocycles. The van der Waals surface area contributed by atoms with E-state index in [1.54, 1.807) is 17.9 Å². The Hall–Kier alpha value is -1.45. The van der Waals surface area contributed by atoms with E-state index in [9.17, 15) is 23.1 Å². The molecule has 7 nitrogen and oxygen atoms in total. The minimum atomic E-state index is -3.22.